The fourth-order valence-electron chi connectivity index (χ4n) is 1.53. The van der Waals surface area contributed by atoms with E-state index in [2.05, 4.69) is 15.3 Å². The van der Waals surface area contributed by atoms with Crippen LogP contribution in [0.2, 0.25) is 0 Å². The molecule has 0 amide bonds. The van der Waals surface area contributed by atoms with Gasteiger partial charge >= 0.3 is 0 Å². The average Bonchev–Trinajstić information content (AvgIpc) is 2.31. The van der Waals surface area contributed by atoms with E-state index in [9.17, 15) is 0 Å². The Labute approximate surface area is 88.1 Å². The van der Waals surface area contributed by atoms with Gasteiger partial charge in [-0.15, -0.1) is 0 Å². The van der Waals surface area contributed by atoms with Gasteiger partial charge in [0.25, 0.3) is 0 Å². The Morgan fingerprint density at radius 1 is 1.47 bits per heavy atom. The van der Waals surface area contributed by atoms with Crippen molar-refractivity contribution in [2.45, 2.75) is 18.9 Å². The molecule has 0 bridgehead atoms. The van der Waals surface area contributed by atoms with E-state index in [1.807, 2.05) is 6.07 Å². The molecule has 2 rings (SSSR count). The second kappa shape index (κ2) is 4.71. The third-order valence-corrected chi connectivity index (χ3v) is 2.28. The summed E-state index contributed by atoms with van der Waals surface area (Å²) in [6, 6.07) is 1.92. The zero-order valence-electron chi connectivity index (χ0n) is 8.31. The number of aromatic nitrogens is 2. The van der Waals surface area contributed by atoms with Gasteiger partial charge in [0.2, 0.25) is 5.88 Å². The molecule has 0 aromatic carbocycles. The minimum absolute atomic E-state index is 0.168. The number of hydrogen-bond acceptors (Lipinski definition) is 5. The maximum atomic E-state index is 8.55. The third-order valence-electron chi connectivity index (χ3n) is 2.28. The van der Waals surface area contributed by atoms with Gasteiger partial charge in [-0.3, -0.25) is 0 Å². The minimum Gasteiger partial charge on any atom is -0.472 e. The summed E-state index contributed by atoms with van der Waals surface area (Å²) >= 11 is 0. The Bertz CT molecular complexity index is 351. The van der Waals surface area contributed by atoms with Gasteiger partial charge in [-0.05, 0) is 19.4 Å². The first kappa shape index (κ1) is 9.87. The number of ether oxygens (including phenoxy) is 1. The van der Waals surface area contributed by atoms with Crippen molar-refractivity contribution >= 4 is 0 Å². The van der Waals surface area contributed by atoms with Crippen LogP contribution in [0, 0.1) is 11.3 Å². The molecule has 0 saturated carbocycles. The van der Waals surface area contributed by atoms with Gasteiger partial charge in [0.15, 0.2) is 5.69 Å². The zero-order valence-corrected chi connectivity index (χ0v) is 8.31. The van der Waals surface area contributed by atoms with Crippen LogP contribution in [0.1, 0.15) is 18.5 Å². The van der Waals surface area contributed by atoms with Crippen LogP contribution in [-0.4, -0.2) is 29.2 Å². The summed E-state index contributed by atoms with van der Waals surface area (Å²) in [6.45, 7) is 1.90. The molecule has 1 N–H and O–H groups in total. The van der Waals surface area contributed by atoms with Gasteiger partial charge in [0.05, 0.1) is 12.4 Å². The lowest BCUT2D eigenvalue weighted by Gasteiger charge is -2.22. The van der Waals surface area contributed by atoms with Gasteiger partial charge < -0.3 is 10.1 Å². The highest BCUT2D eigenvalue weighted by Crippen LogP contribution is 2.11. The van der Waals surface area contributed by atoms with E-state index in [1.54, 1.807) is 0 Å². The smallest absolute Gasteiger partial charge is 0.232 e. The summed E-state index contributed by atoms with van der Waals surface area (Å²) in [4.78, 5) is 7.90. The summed E-state index contributed by atoms with van der Waals surface area (Å²) in [6.07, 6.45) is 5.24. The fraction of sp³-hybridized carbons (Fsp3) is 0.500. The van der Waals surface area contributed by atoms with Crippen molar-refractivity contribution in [3.63, 3.8) is 0 Å². The Morgan fingerprint density at radius 3 is 3.00 bits per heavy atom. The normalized spacial score (nSPS) is 20.6. The van der Waals surface area contributed by atoms with E-state index < -0.39 is 0 Å². The molecule has 0 unspecified atom stereocenters. The summed E-state index contributed by atoms with van der Waals surface area (Å²) in [5.74, 6) is 0.489. The molecule has 1 aromatic rings. The molecule has 0 aliphatic carbocycles. The summed E-state index contributed by atoms with van der Waals surface area (Å²) in [5.41, 5.74) is 0.309. The van der Waals surface area contributed by atoms with Crippen LogP contribution < -0.4 is 10.1 Å². The number of nitrogens with one attached hydrogen (secondary N) is 1. The molecule has 1 aliphatic heterocycles. The van der Waals surface area contributed by atoms with Crippen LogP contribution in [0.4, 0.5) is 0 Å². The van der Waals surface area contributed by atoms with E-state index >= 15 is 0 Å². The number of hydrogen-bond donors (Lipinski definition) is 1. The molecule has 1 aromatic heterocycles. The highest BCUT2D eigenvalue weighted by molar-refractivity contribution is 5.18. The molecule has 5 nitrogen and oxygen atoms in total. The largest absolute Gasteiger partial charge is 0.472 e. The van der Waals surface area contributed by atoms with Crippen molar-refractivity contribution in [3.05, 3.63) is 18.1 Å². The highest BCUT2D eigenvalue weighted by Gasteiger charge is 2.14. The molecule has 0 radical (unpaired) electrons. The van der Waals surface area contributed by atoms with Crippen molar-refractivity contribution in [3.8, 4) is 11.9 Å². The van der Waals surface area contributed by atoms with Crippen molar-refractivity contribution in [1.82, 2.24) is 15.3 Å². The lowest BCUT2D eigenvalue weighted by Crippen LogP contribution is -2.37. The predicted octanol–water partition coefficient (Wildman–Crippen LogP) is 0.479. The molecule has 2 heterocycles. The summed E-state index contributed by atoms with van der Waals surface area (Å²) in [7, 11) is 0. The monoisotopic (exact) mass is 204 g/mol. The lowest BCUT2D eigenvalue weighted by molar-refractivity contribution is 0.160. The Kier molecular flexibility index (Phi) is 3.10. The highest BCUT2D eigenvalue weighted by atomic mass is 16.5. The van der Waals surface area contributed by atoms with E-state index in [1.165, 1.54) is 12.4 Å². The summed E-state index contributed by atoms with van der Waals surface area (Å²) in [5, 5.41) is 11.8. The first-order chi connectivity index (χ1) is 7.38. The molecule has 5 heteroatoms. The van der Waals surface area contributed by atoms with Crippen LogP contribution in [-0.2, 0) is 0 Å². The number of nitrogens with zero attached hydrogens (tertiary/aromatic N) is 3. The third kappa shape index (κ3) is 2.64. The summed E-state index contributed by atoms with van der Waals surface area (Å²) < 4.78 is 5.61. The van der Waals surface area contributed by atoms with Gasteiger partial charge in [-0.1, -0.05) is 0 Å². The standard InChI is InChI=1S/C10H12N4O/c11-4-8-5-14-10(7-13-8)15-9-2-1-3-12-6-9/h5,7,9,12H,1-3,6H2/t9-/m0/s1. The lowest BCUT2D eigenvalue weighted by atomic mass is 10.1. The maximum absolute atomic E-state index is 8.55. The van der Waals surface area contributed by atoms with Crippen LogP contribution in [0.15, 0.2) is 12.4 Å². The SMILES string of the molecule is N#Cc1cnc(O[C@H]2CCCNC2)cn1. The van der Waals surface area contributed by atoms with Crippen molar-refractivity contribution in [2.24, 2.45) is 0 Å². The van der Waals surface area contributed by atoms with E-state index in [-0.39, 0.29) is 6.10 Å². The van der Waals surface area contributed by atoms with Gasteiger partial charge in [0.1, 0.15) is 12.2 Å². The van der Waals surface area contributed by atoms with Gasteiger partial charge in [-0.2, -0.15) is 5.26 Å². The molecule has 1 atom stereocenters. The van der Waals surface area contributed by atoms with E-state index in [4.69, 9.17) is 10.00 Å². The molecule has 1 aliphatic rings. The second-order valence-electron chi connectivity index (χ2n) is 3.44. The Hall–Kier alpha value is -1.67. The molecule has 15 heavy (non-hydrogen) atoms. The zero-order chi connectivity index (χ0) is 10.5. The predicted molar refractivity (Wildman–Crippen MR) is 53.3 cm³/mol. The molecular formula is C10H12N4O. The van der Waals surface area contributed by atoms with Crippen molar-refractivity contribution in [1.29, 1.82) is 5.26 Å². The Balaban J connectivity index is 1.95. The molecule has 1 fully saturated rings. The number of nitriles is 1. The average molecular weight is 204 g/mol. The van der Waals surface area contributed by atoms with E-state index in [0.29, 0.717) is 11.6 Å². The van der Waals surface area contributed by atoms with Crippen LogP contribution in [0.25, 0.3) is 0 Å². The van der Waals surface area contributed by atoms with Crippen LogP contribution in [0.5, 0.6) is 5.88 Å². The quantitative estimate of drug-likeness (QED) is 0.758. The second-order valence-corrected chi connectivity index (χ2v) is 3.44. The van der Waals surface area contributed by atoms with Crippen molar-refractivity contribution in [2.75, 3.05) is 13.1 Å². The van der Waals surface area contributed by atoms with Crippen LogP contribution in [0.3, 0.4) is 0 Å². The Morgan fingerprint density at radius 2 is 2.40 bits per heavy atom. The fourth-order valence-corrected chi connectivity index (χ4v) is 1.53. The van der Waals surface area contributed by atoms with Gasteiger partial charge in [0, 0.05) is 6.54 Å². The number of piperidine rings is 1. The maximum Gasteiger partial charge on any atom is 0.232 e. The topological polar surface area (TPSA) is 70.8 Å². The molecular weight excluding hydrogens is 192 g/mol. The molecule has 78 valence electrons. The molecule has 1 saturated heterocycles. The first-order valence-corrected chi connectivity index (χ1v) is 4.98. The van der Waals surface area contributed by atoms with Gasteiger partial charge in [-0.25, -0.2) is 9.97 Å². The van der Waals surface area contributed by atoms with E-state index in [0.717, 1.165) is 25.9 Å². The van der Waals surface area contributed by atoms with Crippen LogP contribution >= 0.6 is 0 Å². The first-order valence-electron chi connectivity index (χ1n) is 4.98. The van der Waals surface area contributed by atoms with Crippen molar-refractivity contribution < 1.29 is 4.74 Å². The number of rotatable bonds is 2. The minimum atomic E-state index is 0.168. The molecule has 0 spiro atoms.